The molecule has 4 heteroatoms. The largest absolute Gasteiger partial charge is 0.445 e. The summed E-state index contributed by atoms with van der Waals surface area (Å²) in [5.41, 5.74) is 1.47. The predicted molar refractivity (Wildman–Crippen MR) is 79.6 cm³/mol. The molecule has 106 valence electrons. The van der Waals surface area contributed by atoms with Gasteiger partial charge in [0.1, 0.15) is 6.61 Å². The fraction of sp³-hybridized carbons (Fsp3) is 0.500. The van der Waals surface area contributed by atoms with Gasteiger partial charge in [-0.25, -0.2) is 4.79 Å². The molecule has 0 aromatic carbocycles. The molecular formula is C14H28N2O2. The van der Waals surface area contributed by atoms with Gasteiger partial charge in [0.05, 0.1) is 0 Å². The van der Waals surface area contributed by atoms with E-state index in [1.54, 1.807) is 19.2 Å². The van der Waals surface area contributed by atoms with Crippen molar-refractivity contribution < 1.29 is 9.53 Å². The molecule has 0 bridgehead atoms. The van der Waals surface area contributed by atoms with Crippen LogP contribution in [0.1, 0.15) is 27.7 Å². The third-order valence-electron chi connectivity index (χ3n) is 1.43. The lowest BCUT2D eigenvalue weighted by Gasteiger charge is -2.03. The molecule has 0 aliphatic carbocycles. The van der Waals surface area contributed by atoms with Crippen molar-refractivity contribution in [2.75, 3.05) is 20.7 Å². The zero-order chi connectivity index (χ0) is 15.0. The zero-order valence-electron chi connectivity index (χ0n) is 12.6. The lowest BCUT2D eigenvalue weighted by atomic mass is 10.3. The number of carbonyl (C=O) groups is 1. The van der Waals surface area contributed by atoms with Crippen LogP contribution in [-0.2, 0) is 4.74 Å². The van der Waals surface area contributed by atoms with E-state index in [-0.39, 0.29) is 6.61 Å². The molecular weight excluding hydrogens is 228 g/mol. The van der Waals surface area contributed by atoms with Crippen molar-refractivity contribution in [3.63, 3.8) is 0 Å². The first-order chi connectivity index (χ1) is 8.60. The van der Waals surface area contributed by atoms with Crippen molar-refractivity contribution in [2.45, 2.75) is 27.7 Å². The maximum atomic E-state index is 10.7. The lowest BCUT2D eigenvalue weighted by Crippen LogP contribution is -2.19. The Balaban J connectivity index is -0.000000506. The van der Waals surface area contributed by atoms with Gasteiger partial charge in [0.2, 0.25) is 0 Å². The van der Waals surface area contributed by atoms with E-state index in [2.05, 4.69) is 23.8 Å². The van der Waals surface area contributed by atoms with Gasteiger partial charge in [-0.1, -0.05) is 46.9 Å². The van der Waals surface area contributed by atoms with Crippen LogP contribution in [0.2, 0.25) is 0 Å². The second-order valence-electron chi connectivity index (χ2n) is 2.59. The van der Waals surface area contributed by atoms with E-state index in [1.807, 2.05) is 27.7 Å². The Morgan fingerprint density at radius 2 is 1.56 bits per heavy atom. The van der Waals surface area contributed by atoms with E-state index in [0.717, 1.165) is 5.70 Å². The van der Waals surface area contributed by atoms with Crippen LogP contribution >= 0.6 is 0 Å². The molecule has 0 aromatic heterocycles. The number of allylic oxidation sites excluding steroid dienone is 1. The number of amides is 1. The third kappa shape index (κ3) is 16.7. The first-order valence-corrected chi connectivity index (χ1v) is 6.17. The number of hydrogen-bond donors (Lipinski definition) is 2. The number of hydrogen-bond acceptors (Lipinski definition) is 3. The highest BCUT2D eigenvalue weighted by Crippen LogP contribution is 1.96. The highest BCUT2D eigenvalue weighted by atomic mass is 16.5. The number of ether oxygens (including phenoxy) is 1. The molecule has 0 saturated carbocycles. The maximum absolute atomic E-state index is 10.7. The first kappa shape index (κ1) is 21.6. The molecule has 0 spiro atoms. The number of nitrogens with one attached hydrogen (secondary N) is 2. The Labute approximate surface area is 112 Å². The summed E-state index contributed by atoms with van der Waals surface area (Å²) < 4.78 is 4.77. The van der Waals surface area contributed by atoms with E-state index >= 15 is 0 Å². The highest BCUT2D eigenvalue weighted by Gasteiger charge is 1.96. The molecule has 0 aliphatic heterocycles. The zero-order valence-corrected chi connectivity index (χ0v) is 12.6. The lowest BCUT2D eigenvalue weighted by molar-refractivity contribution is 0.159. The van der Waals surface area contributed by atoms with Crippen LogP contribution in [0.3, 0.4) is 0 Å². The van der Waals surface area contributed by atoms with Crippen molar-refractivity contribution >= 4 is 6.09 Å². The van der Waals surface area contributed by atoms with Gasteiger partial charge < -0.3 is 15.4 Å². The minimum Gasteiger partial charge on any atom is -0.445 e. The standard InChI is InChI=1S/C10H16N2O2.2C2H6/c1-8(5-6-9(2)11-3)7-14-10(13)12-4;2*1-2/h5-6,11H,1-2,7H2,3-4H3,(H,12,13);2*1-2H3/b6-5-;;. The summed E-state index contributed by atoms with van der Waals surface area (Å²) >= 11 is 0. The molecule has 0 rings (SSSR count). The van der Waals surface area contributed by atoms with Crippen molar-refractivity contribution in [3.8, 4) is 0 Å². The molecule has 18 heavy (non-hydrogen) atoms. The van der Waals surface area contributed by atoms with Crippen molar-refractivity contribution in [2.24, 2.45) is 0 Å². The van der Waals surface area contributed by atoms with Crippen LogP contribution in [0.15, 0.2) is 36.6 Å². The van der Waals surface area contributed by atoms with Crippen molar-refractivity contribution in [1.29, 1.82) is 0 Å². The number of rotatable bonds is 5. The van der Waals surface area contributed by atoms with Crippen LogP contribution < -0.4 is 10.6 Å². The molecule has 0 unspecified atom stereocenters. The van der Waals surface area contributed by atoms with Gasteiger partial charge in [-0.15, -0.1) is 0 Å². The molecule has 0 atom stereocenters. The Morgan fingerprint density at radius 3 is 1.94 bits per heavy atom. The van der Waals surface area contributed by atoms with Crippen molar-refractivity contribution in [1.82, 2.24) is 10.6 Å². The SMILES string of the molecule is C=C(/C=C\C(=C)NC)COC(=O)NC.CC.CC. The van der Waals surface area contributed by atoms with Crippen LogP contribution in [0.4, 0.5) is 4.79 Å². The van der Waals surface area contributed by atoms with Gasteiger partial charge in [-0.05, 0) is 11.6 Å². The molecule has 0 saturated heterocycles. The van der Waals surface area contributed by atoms with E-state index in [4.69, 9.17) is 4.74 Å². The Bertz CT molecular complexity index is 259. The van der Waals surface area contributed by atoms with Gasteiger partial charge in [-0.3, -0.25) is 0 Å². The monoisotopic (exact) mass is 256 g/mol. The molecule has 0 heterocycles. The van der Waals surface area contributed by atoms with Crippen molar-refractivity contribution in [3.05, 3.63) is 36.6 Å². The minimum atomic E-state index is -0.466. The Hall–Kier alpha value is -1.71. The average molecular weight is 256 g/mol. The summed E-state index contributed by atoms with van der Waals surface area (Å²) in [6.07, 6.45) is 3.03. The fourth-order valence-electron chi connectivity index (χ4n) is 0.580. The highest BCUT2D eigenvalue weighted by molar-refractivity contribution is 5.66. The summed E-state index contributed by atoms with van der Waals surface area (Å²) in [5.74, 6) is 0. The first-order valence-electron chi connectivity index (χ1n) is 6.17. The van der Waals surface area contributed by atoms with E-state index in [0.29, 0.717) is 5.57 Å². The number of likely N-dealkylation sites (N-methyl/N-ethyl adjacent to an activating group) is 1. The summed E-state index contributed by atoms with van der Waals surface area (Å²) in [6.45, 7) is 15.6. The molecule has 0 aliphatic rings. The van der Waals surface area contributed by atoms with Gasteiger partial charge in [0.15, 0.2) is 0 Å². The van der Waals surface area contributed by atoms with Gasteiger partial charge in [0, 0.05) is 19.8 Å². The molecule has 1 amide bonds. The molecule has 4 nitrogen and oxygen atoms in total. The minimum absolute atomic E-state index is 0.174. The number of carbonyl (C=O) groups excluding carboxylic acids is 1. The Morgan fingerprint density at radius 1 is 1.06 bits per heavy atom. The molecule has 0 fully saturated rings. The quantitative estimate of drug-likeness (QED) is 0.742. The third-order valence-corrected chi connectivity index (χ3v) is 1.43. The number of alkyl carbamates (subject to hydrolysis) is 1. The van der Waals surface area contributed by atoms with Gasteiger partial charge in [-0.2, -0.15) is 0 Å². The molecule has 0 aromatic rings. The normalized spacial score (nSPS) is 8.11. The predicted octanol–water partition coefficient (Wildman–Crippen LogP) is 3.24. The second kappa shape index (κ2) is 17.7. The van der Waals surface area contributed by atoms with Crippen LogP contribution in [0.5, 0.6) is 0 Å². The summed E-state index contributed by atoms with van der Waals surface area (Å²) in [6, 6.07) is 0. The van der Waals surface area contributed by atoms with E-state index in [1.165, 1.54) is 7.05 Å². The van der Waals surface area contributed by atoms with Gasteiger partial charge >= 0.3 is 6.09 Å². The Kier molecular flexibility index (Phi) is 21.2. The van der Waals surface area contributed by atoms with Crippen LogP contribution in [0.25, 0.3) is 0 Å². The summed E-state index contributed by atoms with van der Waals surface area (Å²) in [4.78, 5) is 10.7. The van der Waals surface area contributed by atoms with Gasteiger partial charge in [0.25, 0.3) is 0 Å². The summed E-state index contributed by atoms with van der Waals surface area (Å²) in [5, 5.41) is 5.19. The molecule has 0 radical (unpaired) electrons. The fourth-order valence-corrected chi connectivity index (χ4v) is 0.580. The molecule has 2 N–H and O–H groups in total. The van der Waals surface area contributed by atoms with Crippen LogP contribution in [-0.4, -0.2) is 26.8 Å². The smallest absolute Gasteiger partial charge is 0.407 e. The van der Waals surface area contributed by atoms with Crippen LogP contribution in [0, 0.1) is 0 Å². The second-order valence-corrected chi connectivity index (χ2v) is 2.59. The average Bonchev–Trinajstić information content (AvgIpc) is 2.46. The maximum Gasteiger partial charge on any atom is 0.407 e. The van der Waals surface area contributed by atoms with E-state index in [9.17, 15) is 4.79 Å². The topological polar surface area (TPSA) is 50.4 Å². The summed E-state index contributed by atoms with van der Waals surface area (Å²) in [7, 11) is 3.28. The van der Waals surface area contributed by atoms with E-state index < -0.39 is 6.09 Å².